The Bertz CT molecular complexity index is 633. The van der Waals surface area contributed by atoms with E-state index in [4.69, 9.17) is 10.5 Å². The van der Waals surface area contributed by atoms with Crippen molar-refractivity contribution in [2.75, 3.05) is 6.54 Å². The van der Waals surface area contributed by atoms with Crippen LogP contribution in [0.2, 0.25) is 0 Å². The summed E-state index contributed by atoms with van der Waals surface area (Å²) in [4.78, 5) is 0. The van der Waals surface area contributed by atoms with Crippen LogP contribution < -0.4 is 10.5 Å². The van der Waals surface area contributed by atoms with Gasteiger partial charge in [0.25, 0.3) is 0 Å². The molecule has 1 atom stereocenters. The number of ether oxygens (including phenoxy) is 1. The van der Waals surface area contributed by atoms with Crippen LogP contribution in [-0.2, 0) is 12.8 Å². The molecule has 0 bridgehead atoms. The Balaban J connectivity index is 2.16. The molecular formula is C18H21NO. The number of aryl methyl sites for hydroxylation is 2. The zero-order chi connectivity index (χ0) is 14.1. The molecule has 1 heterocycles. The van der Waals surface area contributed by atoms with E-state index in [1.807, 2.05) is 0 Å². The predicted molar refractivity (Wildman–Crippen MR) is 83.2 cm³/mol. The molecule has 1 aliphatic rings. The second-order valence-corrected chi connectivity index (χ2v) is 5.48. The Morgan fingerprint density at radius 2 is 2.00 bits per heavy atom. The van der Waals surface area contributed by atoms with Crippen LogP contribution in [-0.4, -0.2) is 12.6 Å². The van der Waals surface area contributed by atoms with Crippen molar-refractivity contribution in [3.8, 4) is 16.9 Å². The van der Waals surface area contributed by atoms with Crippen molar-refractivity contribution in [3.05, 3.63) is 53.1 Å². The van der Waals surface area contributed by atoms with Gasteiger partial charge in [-0.05, 0) is 41.7 Å². The fourth-order valence-electron chi connectivity index (χ4n) is 2.91. The van der Waals surface area contributed by atoms with Crippen molar-refractivity contribution >= 4 is 0 Å². The van der Waals surface area contributed by atoms with Gasteiger partial charge >= 0.3 is 0 Å². The standard InChI is InChI=1S/C18H21NO/c1-3-13-8-14-10-15(11-19)20-18(14)17(9-13)16-7-5-4-6-12(16)2/h4-9,15H,3,10-11,19H2,1-2H3/t15-/m1/s1. The first kappa shape index (κ1) is 13.2. The van der Waals surface area contributed by atoms with Gasteiger partial charge in [-0.25, -0.2) is 0 Å². The van der Waals surface area contributed by atoms with Crippen molar-refractivity contribution in [3.63, 3.8) is 0 Å². The molecule has 0 aromatic heterocycles. The average molecular weight is 267 g/mol. The van der Waals surface area contributed by atoms with Crippen LogP contribution in [0.5, 0.6) is 5.75 Å². The van der Waals surface area contributed by atoms with Gasteiger partial charge in [0, 0.05) is 18.5 Å². The van der Waals surface area contributed by atoms with Crippen LogP contribution in [0.15, 0.2) is 36.4 Å². The highest BCUT2D eigenvalue weighted by Crippen LogP contribution is 2.40. The molecule has 0 amide bonds. The Labute approximate surface area is 120 Å². The van der Waals surface area contributed by atoms with Gasteiger partial charge in [0.15, 0.2) is 0 Å². The molecule has 0 spiro atoms. The van der Waals surface area contributed by atoms with E-state index in [0.29, 0.717) is 6.54 Å². The second-order valence-electron chi connectivity index (χ2n) is 5.48. The van der Waals surface area contributed by atoms with E-state index in [-0.39, 0.29) is 6.10 Å². The molecule has 0 saturated heterocycles. The summed E-state index contributed by atoms with van der Waals surface area (Å²) in [5, 5.41) is 0. The molecule has 0 unspecified atom stereocenters. The SMILES string of the molecule is CCc1cc2c(c(-c3ccccc3C)c1)O[C@@H](CN)C2. The molecule has 2 aromatic carbocycles. The summed E-state index contributed by atoms with van der Waals surface area (Å²) in [6.07, 6.45) is 2.10. The number of hydrogen-bond acceptors (Lipinski definition) is 2. The minimum absolute atomic E-state index is 0.125. The van der Waals surface area contributed by atoms with Crippen LogP contribution in [0.1, 0.15) is 23.6 Å². The van der Waals surface area contributed by atoms with Gasteiger partial charge in [-0.1, -0.05) is 37.3 Å². The lowest BCUT2D eigenvalue weighted by Gasteiger charge is -2.14. The first-order chi connectivity index (χ1) is 9.72. The Kier molecular flexibility index (Phi) is 3.49. The van der Waals surface area contributed by atoms with Gasteiger partial charge in [0.05, 0.1) is 0 Å². The zero-order valence-corrected chi connectivity index (χ0v) is 12.1. The number of fused-ring (bicyclic) bond motifs is 1. The van der Waals surface area contributed by atoms with E-state index in [0.717, 1.165) is 18.6 Å². The molecule has 0 fully saturated rings. The summed E-state index contributed by atoms with van der Waals surface area (Å²) in [7, 11) is 0. The fraction of sp³-hybridized carbons (Fsp3) is 0.333. The van der Waals surface area contributed by atoms with Gasteiger partial charge in [-0.3, -0.25) is 0 Å². The number of nitrogens with two attached hydrogens (primary N) is 1. The molecule has 20 heavy (non-hydrogen) atoms. The lowest BCUT2D eigenvalue weighted by atomic mass is 9.94. The summed E-state index contributed by atoms with van der Waals surface area (Å²) in [5.41, 5.74) is 12.2. The Hall–Kier alpha value is -1.80. The minimum atomic E-state index is 0.125. The zero-order valence-electron chi connectivity index (χ0n) is 12.1. The molecule has 3 rings (SSSR count). The summed E-state index contributed by atoms with van der Waals surface area (Å²) < 4.78 is 6.07. The molecule has 2 heteroatoms. The van der Waals surface area contributed by atoms with Gasteiger partial charge in [0.2, 0.25) is 0 Å². The molecule has 2 N–H and O–H groups in total. The van der Waals surface area contributed by atoms with Crippen LogP contribution in [0.3, 0.4) is 0 Å². The first-order valence-electron chi connectivity index (χ1n) is 7.31. The van der Waals surface area contributed by atoms with E-state index in [9.17, 15) is 0 Å². The van der Waals surface area contributed by atoms with Crippen molar-refractivity contribution in [2.45, 2.75) is 32.8 Å². The van der Waals surface area contributed by atoms with Gasteiger partial charge in [-0.2, -0.15) is 0 Å². The molecule has 104 valence electrons. The van der Waals surface area contributed by atoms with Gasteiger partial charge in [-0.15, -0.1) is 0 Å². The summed E-state index contributed by atoms with van der Waals surface area (Å²) in [6, 6.07) is 13.0. The van der Waals surface area contributed by atoms with Gasteiger partial charge < -0.3 is 10.5 Å². The predicted octanol–water partition coefficient (Wildman–Crippen LogP) is 3.49. The highest BCUT2D eigenvalue weighted by Gasteiger charge is 2.25. The van der Waals surface area contributed by atoms with Crippen LogP contribution in [0.25, 0.3) is 11.1 Å². The van der Waals surface area contributed by atoms with Gasteiger partial charge in [0.1, 0.15) is 11.9 Å². The maximum atomic E-state index is 6.07. The van der Waals surface area contributed by atoms with Crippen molar-refractivity contribution in [1.82, 2.24) is 0 Å². The molecule has 0 radical (unpaired) electrons. The summed E-state index contributed by atoms with van der Waals surface area (Å²) >= 11 is 0. The third-order valence-electron chi connectivity index (χ3n) is 4.06. The largest absolute Gasteiger partial charge is 0.488 e. The molecule has 2 aromatic rings. The van der Waals surface area contributed by atoms with Crippen molar-refractivity contribution in [1.29, 1.82) is 0 Å². The second kappa shape index (κ2) is 5.29. The summed E-state index contributed by atoms with van der Waals surface area (Å²) in [6.45, 7) is 4.92. The first-order valence-corrected chi connectivity index (χ1v) is 7.31. The lowest BCUT2D eigenvalue weighted by Crippen LogP contribution is -2.24. The van der Waals surface area contributed by atoms with E-state index >= 15 is 0 Å². The molecule has 0 aliphatic carbocycles. The fourth-order valence-corrected chi connectivity index (χ4v) is 2.91. The van der Waals surface area contributed by atoms with Crippen LogP contribution in [0.4, 0.5) is 0 Å². The number of hydrogen-bond donors (Lipinski definition) is 1. The lowest BCUT2D eigenvalue weighted by molar-refractivity contribution is 0.242. The quantitative estimate of drug-likeness (QED) is 0.924. The smallest absolute Gasteiger partial charge is 0.130 e. The van der Waals surface area contributed by atoms with Crippen LogP contribution >= 0.6 is 0 Å². The maximum absolute atomic E-state index is 6.07. The Morgan fingerprint density at radius 3 is 2.70 bits per heavy atom. The number of rotatable bonds is 3. The molecule has 2 nitrogen and oxygen atoms in total. The topological polar surface area (TPSA) is 35.2 Å². The monoisotopic (exact) mass is 267 g/mol. The van der Waals surface area contributed by atoms with E-state index in [1.165, 1.54) is 27.8 Å². The highest BCUT2D eigenvalue weighted by atomic mass is 16.5. The molecule has 1 aliphatic heterocycles. The van der Waals surface area contributed by atoms with Crippen molar-refractivity contribution < 1.29 is 4.74 Å². The third-order valence-corrected chi connectivity index (χ3v) is 4.06. The van der Waals surface area contributed by atoms with E-state index in [1.54, 1.807) is 0 Å². The normalized spacial score (nSPS) is 16.9. The minimum Gasteiger partial charge on any atom is -0.488 e. The Morgan fingerprint density at radius 1 is 1.20 bits per heavy atom. The van der Waals surface area contributed by atoms with E-state index < -0.39 is 0 Å². The summed E-state index contributed by atoms with van der Waals surface area (Å²) in [5.74, 6) is 1.03. The number of benzene rings is 2. The average Bonchev–Trinajstić information content (AvgIpc) is 2.90. The van der Waals surface area contributed by atoms with E-state index in [2.05, 4.69) is 50.2 Å². The van der Waals surface area contributed by atoms with Crippen LogP contribution in [0, 0.1) is 6.92 Å². The maximum Gasteiger partial charge on any atom is 0.130 e. The third kappa shape index (κ3) is 2.20. The highest BCUT2D eigenvalue weighted by molar-refractivity contribution is 5.76. The molecule has 0 saturated carbocycles. The van der Waals surface area contributed by atoms with Crippen molar-refractivity contribution in [2.24, 2.45) is 5.73 Å². The molecular weight excluding hydrogens is 246 g/mol.